The normalized spacial score (nSPS) is 10.9. The maximum absolute atomic E-state index is 12.3. The molecule has 0 saturated carbocycles. The van der Waals surface area contributed by atoms with E-state index >= 15 is 0 Å². The number of rotatable bonds is 35. The van der Waals surface area contributed by atoms with Crippen molar-refractivity contribution in [3.05, 3.63) is 485 Å². The second kappa shape index (κ2) is 55.8. The molecule has 0 saturated heterocycles. The first-order chi connectivity index (χ1) is 67.3. The summed E-state index contributed by atoms with van der Waals surface area (Å²) in [7, 11) is 0. The highest BCUT2D eigenvalue weighted by atomic mass is 16.2. The molecule has 0 atom stereocenters. The molecule has 702 valence electrons. The van der Waals surface area contributed by atoms with Crippen molar-refractivity contribution in [2.24, 2.45) is 5.41 Å². The molecule has 27 heteroatoms. The van der Waals surface area contributed by atoms with E-state index in [0.29, 0.717) is 69.1 Å². The van der Waals surface area contributed by atoms with Crippen LogP contribution >= 0.6 is 0 Å². The number of aromatic nitrogens is 17. The average molecular weight is 1840 g/mol. The molecule has 17 heterocycles. The molecule has 17 rings (SSSR count). The lowest BCUT2D eigenvalue weighted by molar-refractivity contribution is -0.123. The van der Waals surface area contributed by atoms with Gasteiger partial charge in [0, 0.05) is 194 Å². The summed E-state index contributed by atoms with van der Waals surface area (Å²) < 4.78 is 0. The Hall–Kier alpha value is -15.8. The van der Waals surface area contributed by atoms with Crippen molar-refractivity contribution in [3.63, 3.8) is 0 Å². The van der Waals surface area contributed by atoms with Crippen LogP contribution in [-0.2, 0) is 116 Å². The fraction of sp³-hybridized carbons (Fsp3) is 0.225. The molecule has 0 radical (unpaired) electrons. The minimum Gasteiger partial charge on any atom is -0.384 e. The molecule has 0 aliphatic heterocycles. The van der Waals surface area contributed by atoms with Crippen LogP contribution < -0.4 is 22.5 Å². The van der Waals surface area contributed by atoms with E-state index in [1.807, 2.05) is 346 Å². The van der Waals surface area contributed by atoms with Crippen LogP contribution in [0.5, 0.6) is 0 Å². The fourth-order valence-electron chi connectivity index (χ4n) is 14.5. The number of aryl methyl sites for hydroxylation is 5. The number of pyridine rings is 17. The SMILES string of the molecule is CC(C)(C)C(=O)Nc1cccc(CN(Cc2ccccn2)Cc2ccccn2)n1.Cc1cccc(CN(Cc2cccc(N)n2)Cc2cccc(N)n2)n1.Cc1cccc(CN(Cc2ccccn2)Cc2cccc(N)n2)n1.Cc1cccc(CN(Cc2ccccn2)Cc2ccccn2)n1.c1ccc(CCCc2ccccn2)nc1.c1ccc(CN(Cc2ccccn2)Cc2ccccn2)nc1. The summed E-state index contributed by atoms with van der Waals surface area (Å²) in [5.41, 5.74) is 37.3. The summed E-state index contributed by atoms with van der Waals surface area (Å²) in [6.45, 7) is 22.4. The third-order valence-corrected chi connectivity index (χ3v) is 21.0. The lowest BCUT2D eigenvalue weighted by atomic mass is 9.96. The second-order valence-electron chi connectivity index (χ2n) is 34.0. The van der Waals surface area contributed by atoms with Gasteiger partial charge in [0.15, 0.2) is 0 Å². The molecule has 0 unspecified atom stereocenters. The summed E-state index contributed by atoms with van der Waals surface area (Å²) in [6, 6.07) is 101. The average Bonchev–Trinajstić information content (AvgIpc) is 0.855. The molecular formula is C111H122N26O. The predicted molar refractivity (Wildman–Crippen MR) is 544 cm³/mol. The van der Waals surface area contributed by atoms with E-state index in [-0.39, 0.29) is 5.91 Å². The molecule has 0 aliphatic rings. The first-order valence-electron chi connectivity index (χ1n) is 46.1. The Bertz CT molecular complexity index is 5940. The van der Waals surface area contributed by atoms with Gasteiger partial charge in [-0.1, -0.05) is 124 Å². The van der Waals surface area contributed by atoms with Gasteiger partial charge in [0.1, 0.15) is 23.3 Å². The number of nitrogens with zero attached hydrogens (tertiary/aromatic N) is 22. The van der Waals surface area contributed by atoms with Gasteiger partial charge in [0.25, 0.3) is 0 Å². The Kier molecular flexibility index (Phi) is 40.9. The van der Waals surface area contributed by atoms with Crippen molar-refractivity contribution in [2.75, 3.05) is 22.5 Å². The van der Waals surface area contributed by atoms with E-state index in [2.05, 4.69) is 151 Å². The number of carbonyl (C=O) groups excluding carboxylic acids is 1. The Morgan fingerprint density at radius 1 is 0.225 bits per heavy atom. The summed E-state index contributed by atoms with van der Waals surface area (Å²) in [4.78, 5) is 99.3. The van der Waals surface area contributed by atoms with Crippen LogP contribution in [-0.4, -0.2) is 115 Å². The number of amides is 1. The second-order valence-corrected chi connectivity index (χ2v) is 34.0. The molecule has 7 N–H and O–H groups in total. The van der Waals surface area contributed by atoms with Gasteiger partial charge in [-0.15, -0.1) is 0 Å². The first-order valence-corrected chi connectivity index (χ1v) is 46.1. The molecular weight excluding hydrogens is 1710 g/mol. The van der Waals surface area contributed by atoms with Crippen LogP contribution in [0.2, 0.25) is 0 Å². The maximum Gasteiger partial charge on any atom is 0.230 e. The van der Waals surface area contributed by atoms with Crippen LogP contribution in [0.1, 0.15) is 141 Å². The van der Waals surface area contributed by atoms with Crippen LogP contribution in [0.15, 0.2) is 371 Å². The van der Waals surface area contributed by atoms with Crippen molar-refractivity contribution in [1.82, 2.24) is 109 Å². The van der Waals surface area contributed by atoms with E-state index < -0.39 is 5.41 Å². The third-order valence-electron chi connectivity index (χ3n) is 21.0. The fourth-order valence-corrected chi connectivity index (χ4v) is 14.5. The molecule has 27 nitrogen and oxygen atoms in total. The Balaban J connectivity index is 0.000000150. The maximum atomic E-state index is 12.3. The highest BCUT2D eigenvalue weighted by Gasteiger charge is 2.23. The zero-order chi connectivity index (χ0) is 96.4. The van der Waals surface area contributed by atoms with Crippen LogP contribution in [0.25, 0.3) is 0 Å². The molecule has 17 aromatic rings. The van der Waals surface area contributed by atoms with E-state index in [1.165, 1.54) is 0 Å². The molecule has 0 aliphatic carbocycles. The minimum atomic E-state index is -0.471. The smallest absolute Gasteiger partial charge is 0.230 e. The van der Waals surface area contributed by atoms with Crippen LogP contribution in [0.3, 0.4) is 0 Å². The Labute approximate surface area is 810 Å². The zero-order valence-electron chi connectivity index (χ0n) is 79.4. The lowest BCUT2D eigenvalue weighted by Crippen LogP contribution is -2.28. The monoisotopic (exact) mass is 1840 g/mol. The number of carbonyl (C=O) groups is 1. The summed E-state index contributed by atoms with van der Waals surface area (Å²) >= 11 is 0. The molecule has 138 heavy (non-hydrogen) atoms. The molecule has 0 bridgehead atoms. The van der Waals surface area contributed by atoms with Crippen molar-refractivity contribution < 1.29 is 4.79 Å². The molecule has 0 fully saturated rings. The number of nitrogens with one attached hydrogen (secondary N) is 1. The van der Waals surface area contributed by atoms with E-state index in [4.69, 9.17) is 17.2 Å². The van der Waals surface area contributed by atoms with Gasteiger partial charge in [-0.25, -0.2) is 19.9 Å². The van der Waals surface area contributed by atoms with Gasteiger partial charge in [-0.2, -0.15) is 0 Å². The van der Waals surface area contributed by atoms with Gasteiger partial charge in [-0.05, 0) is 246 Å². The Morgan fingerprint density at radius 2 is 0.406 bits per heavy atom. The summed E-state index contributed by atoms with van der Waals surface area (Å²) in [5, 5.41) is 2.90. The Morgan fingerprint density at radius 3 is 0.601 bits per heavy atom. The van der Waals surface area contributed by atoms with Crippen molar-refractivity contribution in [3.8, 4) is 0 Å². The number of nitrogens with two attached hydrogens (primary N) is 3. The van der Waals surface area contributed by atoms with Gasteiger partial charge in [0.2, 0.25) is 5.91 Å². The van der Waals surface area contributed by atoms with Crippen molar-refractivity contribution in [1.29, 1.82) is 0 Å². The summed E-state index contributed by atoms with van der Waals surface area (Å²) in [6.07, 6.45) is 21.4. The predicted octanol–water partition coefficient (Wildman–Crippen LogP) is 18.7. The van der Waals surface area contributed by atoms with Crippen molar-refractivity contribution >= 4 is 29.2 Å². The molecule has 0 spiro atoms. The van der Waals surface area contributed by atoms with Gasteiger partial charge >= 0.3 is 0 Å². The number of nitrogen functional groups attached to an aromatic ring is 3. The van der Waals surface area contributed by atoms with E-state index in [1.54, 1.807) is 30.6 Å². The van der Waals surface area contributed by atoms with Crippen LogP contribution in [0.4, 0.5) is 23.3 Å². The minimum absolute atomic E-state index is 0.0547. The highest BCUT2D eigenvalue weighted by Crippen LogP contribution is 2.22. The van der Waals surface area contributed by atoms with Crippen molar-refractivity contribution in [2.45, 2.75) is 159 Å². The van der Waals surface area contributed by atoms with Gasteiger partial charge in [-0.3, -0.25) is 94.1 Å². The molecule has 17 aromatic heterocycles. The van der Waals surface area contributed by atoms with Gasteiger partial charge < -0.3 is 22.5 Å². The highest BCUT2D eigenvalue weighted by molar-refractivity contribution is 5.93. The topological polar surface area (TPSA) is 342 Å². The van der Waals surface area contributed by atoms with E-state index in [9.17, 15) is 4.79 Å². The number of anilines is 4. The standard InChI is InChI=1S/C23H27N5O.C19H22N6.C19H21N5.C19H20N4.C18H18N4.C13H14N2/c1-23(2,3)22(29)27-21-12-8-11-20(26-21)17-28(15-18-9-4-6-13-24-18)16-19-10-5-7-14-25-19;1-14-5-2-6-15(22-14)11-25(12-16-7-3-9-18(20)23-16)13-17-8-4-10-19(21)24-17;1-15-6-4-8-17(22-15)13-24(12-16-7-2-3-11-21-16)14-18-9-5-10-19(20)23-18;1-16-7-6-10-19(22-16)15-23(13-17-8-2-4-11-20-17)14-18-9-3-5-12-21-18;1-4-10-19-16(7-1)13-22(14-17-8-2-5-11-20-17)15-18-9-3-6-12-21-18;1-3-10-14-12(6-1)8-5-9-13-7-2-4-11-15-13/h4-14H,15-17H2,1-3H3,(H,26,27,29);2-10H,11-13H2,1H3,(H2,20,23)(H2,21,24);2-11H,12-14H2,1H3,(H2,20,23);2-12H,13-15H2,1H3;1-12H,13-15H2;1-4,6-7,10-11H,5,8-9H2. The van der Waals surface area contributed by atoms with Crippen LogP contribution in [0, 0.1) is 26.2 Å². The molecule has 0 aromatic carbocycles. The lowest BCUT2D eigenvalue weighted by Gasteiger charge is -2.22. The summed E-state index contributed by atoms with van der Waals surface area (Å²) in [5.74, 6) is 2.10. The largest absolute Gasteiger partial charge is 0.384 e. The van der Waals surface area contributed by atoms with E-state index in [0.717, 1.165) is 185 Å². The first kappa shape index (κ1) is 101. The third kappa shape index (κ3) is 38.7. The number of hydrogen-bond acceptors (Lipinski definition) is 26. The van der Waals surface area contributed by atoms with Gasteiger partial charge in [0.05, 0.1) is 85.4 Å². The number of hydrogen-bond donors (Lipinski definition) is 4. The quantitative estimate of drug-likeness (QED) is 0.0287. The molecule has 1 amide bonds. The zero-order valence-corrected chi connectivity index (χ0v) is 79.4.